The van der Waals surface area contributed by atoms with Gasteiger partial charge in [0.05, 0.1) is 18.7 Å². The Morgan fingerprint density at radius 2 is 1.97 bits per heavy atom. The zero-order chi connectivity index (χ0) is 25.6. The molecule has 0 saturated heterocycles. The number of ether oxygens (including phenoxy) is 1. The number of pyridine rings is 1. The van der Waals surface area contributed by atoms with E-state index in [9.17, 15) is 18.0 Å². The standard InChI is InChI=1S/C23H24F3N5O3S/c1-4-11-35-13(2)28-9-10-29-21(32)20-17(12-27)34-22(31-20)15-5-7-16(33-3)19-14(15)6-8-18(30-19)23(24,25)26/h4-8,11,28H,2,9-10,12,27H2,1,3H3,(H,29,32)/b11-4-. The Morgan fingerprint density at radius 1 is 1.23 bits per heavy atom. The Balaban J connectivity index is 1.86. The smallest absolute Gasteiger partial charge is 0.433 e. The van der Waals surface area contributed by atoms with Crippen molar-refractivity contribution < 1.29 is 27.1 Å². The quantitative estimate of drug-likeness (QED) is 0.345. The zero-order valence-corrected chi connectivity index (χ0v) is 19.8. The lowest BCUT2D eigenvalue weighted by Crippen LogP contribution is -2.31. The van der Waals surface area contributed by atoms with E-state index in [1.54, 1.807) is 6.07 Å². The van der Waals surface area contributed by atoms with Gasteiger partial charge in [-0.1, -0.05) is 24.4 Å². The molecular weight excluding hydrogens is 483 g/mol. The molecule has 2 aromatic heterocycles. The summed E-state index contributed by atoms with van der Waals surface area (Å²) in [6, 6.07) is 5.16. The molecule has 0 atom stereocenters. The Labute approximate surface area is 203 Å². The van der Waals surface area contributed by atoms with Crippen LogP contribution in [0, 0.1) is 0 Å². The molecule has 0 fully saturated rings. The number of carbonyl (C=O) groups excluding carboxylic acids is 1. The normalized spacial score (nSPS) is 11.7. The van der Waals surface area contributed by atoms with E-state index < -0.39 is 17.8 Å². The van der Waals surface area contributed by atoms with Gasteiger partial charge in [-0.25, -0.2) is 9.97 Å². The van der Waals surface area contributed by atoms with Crippen LogP contribution >= 0.6 is 11.8 Å². The van der Waals surface area contributed by atoms with E-state index in [0.29, 0.717) is 17.5 Å². The summed E-state index contributed by atoms with van der Waals surface area (Å²) in [5, 5.41) is 8.71. The molecule has 0 aliphatic rings. The first-order valence-electron chi connectivity index (χ1n) is 10.4. The van der Waals surface area contributed by atoms with Gasteiger partial charge in [-0.15, -0.1) is 0 Å². The third-order valence-corrected chi connectivity index (χ3v) is 5.57. The Hall–Kier alpha value is -3.51. The molecule has 0 saturated carbocycles. The molecule has 12 heteroatoms. The molecule has 8 nitrogen and oxygen atoms in total. The van der Waals surface area contributed by atoms with Crippen LogP contribution in [0.1, 0.15) is 28.9 Å². The fraction of sp³-hybridized carbons (Fsp3) is 0.261. The number of nitrogens with two attached hydrogens (primary N) is 1. The number of carbonyl (C=O) groups is 1. The third-order valence-electron chi connectivity index (χ3n) is 4.74. The number of rotatable bonds is 10. The highest BCUT2D eigenvalue weighted by molar-refractivity contribution is 8.05. The van der Waals surface area contributed by atoms with Crippen molar-refractivity contribution in [2.24, 2.45) is 5.73 Å². The average Bonchev–Trinajstić information content (AvgIpc) is 3.28. The molecule has 186 valence electrons. The predicted octanol–water partition coefficient (Wildman–Crippen LogP) is 4.43. The highest BCUT2D eigenvalue weighted by Gasteiger charge is 2.33. The van der Waals surface area contributed by atoms with Gasteiger partial charge >= 0.3 is 6.18 Å². The maximum atomic E-state index is 13.2. The van der Waals surface area contributed by atoms with Gasteiger partial charge in [0.2, 0.25) is 5.89 Å². The Bertz CT molecular complexity index is 1260. The molecule has 0 unspecified atom stereocenters. The van der Waals surface area contributed by atoms with Crippen molar-refractivity contribution in [2.75, 3.05) is 20.2 Å². The van der Waals surface area contributed by atoms with E-state index in [-0.39, 0.29) is 41.7 Å². The highest BCUT2D eigenvalue weighted by Crippen LogP contribution is 2.36. The number of nitrogens with zero attached hydrogens (tertiary/aromatic N) is 2. The van der Waals surface area contributed by atoms with E-state index in [2.05, 4.69) is 27.2 Å². The van der Waals surface area contributed by atoms with Gasteiger partial charge in [0.25, 0.3) is 5.91 Å². The molecule has 3 aromatic rings. The topological polar surface area (TPSA) is 115 Å². The summed E-state index contributed by atoms with van der Waals surface area (Å²) in [5.74, 6) is -0.175. The molecule has 0 radical (unpaired) electrons. The van der Waals surface area contributed by atoms with Gasteiger partial charge in [0.1, 0.15) is 17.0 Å². The molecule has 1 amide bonds. The van der Waals surface area contributed by atoms with Gasteiger partial charge in [-0.05, 0) is 36.6 Å². The molecule has 0 bridgehead atoms. The van der Waals surface area contributed by atoms with Crippen LogP contribution in [0.2, 0.25) is 0 Å². The number of nitrogens with one attached hydrogen (secondary N) is 2. The number of methoxy groups -OCH3 is 1. The second-order valence-corrected chi connectivity index (χ2v) is 8.09. The summed E-state index contributed by atoms with van der Waals surface area (Å²) in [6.07, 6.45) is -2.74. The first-order valence-corrected chi connectivity index (χ1v) is 11.3. The second-order valence-electron chi connectivity index (χ2n) is 7.09. The van der Waals surface area contributed by atoms with Gasteiger partial charge in [-0.2, -0.15) is 13.2 Å². The van der Waals surface area contributed by atoms with Crippen molar-refractivity contribution in [2.45, 2.75) is 19.6 Å². The van der Waals surface area contributed by atoms with E-state index in [0.717, 1.165) is 11.1 Å². The molecule has 2 heterocycles. The number of aromatic nitrogens is 2. The first-order chi connectivity index (χ1) is 16.7. The van der Waals surface area contributed by atoms with Crippen LogP contribution in [0.25, 0.3) is 22.4 Å². The van der Waals surface area contributed by atoms with Crippen LogP contribution < -0.4 is 21.1 Å². The summed E-state index contributed by atoms with van der Waals surface area (Å²) in [5.41, 5.74) is 5.01. The number of halogens is 3. The number of benzene rings is 1. The molecular formula is C23H24F3N5O3S. The van der Waals surface area contributed by atoms with E-state index in [1.165, 1.54) is 31.0 Å². The molecule has 0 aliphatic heterocycles. The fourth-order valence-corrected chi connectivity index (χ4v) is 3.62. The number of thioether (sulfide) groups is 1. The number of amides is 1. The van der Waals surface area contributed by atoms with Crippen LogP contribution in [-0.4, -0.2) is 36.1 Å². The Kier molecular flexibility index (Phi) is 8.41. The minimum atomic E-state index is -4.62. The van der Waals surface area contributed by atoms with Crippen LogP contribution in [0.5, 0.6) is 5.75 Å². The lowest BCUT2D eigenvalue weighted by Gasteiger charge is -2.11. The maximum Gasteiger partial charge on any atom is 0.433 e. The lowest BCUT2D eigenvalue weighted by atomic mass is 10.1. The predicted molar refractivity (Wildman–Crippen MR) is 129 cm³/mol. The molecule has 0 aliphatic carbocycles. The molecule has 3 rings (SSSR count). The van der Waals surface area contributed by atoms with Crippen molar-refractivity contribution in [3.05, 3.63) is 64.5 Å². The highest BCUT2D eigenvalue weighted by atomic mass is 32.2. The summed E-state index contributed by atoms with van der Waals surface area (Å²) < 4.78 is 50.5. The Morgan fingerprint density at radius 3 is 2.63 bits per heavy atom. The van der Waals surface area contributed by atoms with Crippen LogP contribution in [0.15, 0.2) is 51.8 Å². The van der Waals surface area contributed by atoms with Gasteiger partial charge < -0.3 is 25.5 Å². The van der Waals surface area contributed by atoms with Crippen molar-refractivity contribution in [1.29, 1.82) is 0 Å². The minimum absolute atomic E-state index is 0.00606. The van der Waals surface area contributed by atoms with Crippen molar-refractivity contribution >= 4 is 28.6 Å². The monoisotopic (exact) mass is 507 g/mol. The second kappa shape index (κ2) is 11.3. The largest absolute Gasteiger partial charge is 0.494 e. The lowest BCUT2D eigenvalue weighted by molar-refractivity contribution is -0.140. The summed E-state index contributed by atoms with van der Waals surface area (Å²) in [4.78, 5) is 20.7. The summed E-state index contributed by atoms with van der Waals surface area (Å²) in [6.45, 7) is 6.38. The van der Waals surface area contributed by atoms with Crippen LogP contribution in [0.3, 0.4) is 0 Å². The first kappa shape index (κ1) is 26.1. The number of allylic oxidation sites excluding steroid dienone is 1. The fourth-order valence-electron chi connectivity index (χ4n) is 3.14. The maximum absolute atomic E-state index is 13.2. The molecule has 4 N–H and O–H groups in total. The average molecular weight is 508 g/mol. The number of hydrogen-bond donors (Lipinski definition) is 3. The third kappa shape index (κ3) is 6.14. The SMILES string of the molecule is C=C(NCCNC(=O)c1nc(-c2ccc(OC)c3nc(C(F)(F)F)ccc23)oc1CN)S/C=C\C. The van der Waals surface area contributed by atoms with E-state index in [1.807, 2.05) is 18.4 Å². The molecule has 35 heavy (non-hydrogen) atoms. The number of hydrogen-bond acceptors (Lipinski definition) is 8. The zero-order valence-electron chi connectivity index (χ0n) is 19.0. The molecule has 1 aromatic carbocycles. The van der Waals surface area contributed by atoms with E-state index >= 15 is 0 Å². The number of oxazole rings is 1. The summed E-state index contributed by atoms with van der Waals surface area (Å²) >= 11 is 1.43. The van der Waals surface area contributed by atoms with Crippen LogP contribution in [0.4, 0.5) is 13.2 Å². The number of alkyl halides is 3. The van der Waals surface area contributed by atoms with Gasteiger partial charge in [0, 0.05) is 24.0 Å². The number of fused-ring (bicyclic) bond motifs is 1. The van der Waals surface area contributed by atoms with Gasteiger partial charge in [0.15, 0.2) is 11.5 Å². The van der Waals surface area contributed by atoms with E-state index in [4.69, 9.17) is 14.9 Å². The summed E-state index contributed by atoms with van der Waals surface area (Å²) in [7, 11) is 1.33. The van der Waals surface area contributed by atoms with Crippen molar-refractivity contribution in [1.82, 2.24) is 20.6 Å². The minimum Gasteiger partial charge on any atom is -0.494 e. The van der Waals surface area contributed by atoms with Crippen LogP contribution in [-0.2, 0) is 12.7 Å². The molecule has 0 spiro atoms. The van der Waals surface area contributed by atoms with Crippen molar-refractivity contribution in [3.63, 3.8) is 0 Å². The van der Waals surface area contributed by atoms with Gasteiger partial charge in [-0.3, -0.25) is 4.79 Å². The van der Waals surface area contributed by atoms with Crippen molar-refractivity contribution in [3.8, 4) is 17.2 Å².